The largest absolute Gasteiger partial charge is 0.435 e. The maximum atomic E-state index is 13.9. The van der Waals surface area contributed by atoms with E-state index in [9.17, 15) is 44.8 Å². The first-order valence-electron chi connectivity index (χ1n) is 8.43. The average Bonchev–Trinajstić information content (AvgIpc) is 3.16. The van der Waals surface area contributed by atoms with E-state index >= 15 is 0 Å². The number of benzene rings is 2. The van der Waals surface area contributed by atoms with Gasteiger partial charge in [0, 0.05) is 17.7 Å². The topological polar surface area (TPSA) is 41.6 Å². The first-order valence-corrected chi connectivity index (χ1v) is 8.43. The van der Waals surface area contributed by atoms with Gasteiger partial charge < -0.3 is 0 Å². The first-order chi connectivity index (χ1) is 14.8. The molecule has 1 aromatic heterocycles. The molecule has 0 fully saturated rings. The Bertz CT molecular complexity index is 1230. The molecule has 0 unspecified atom stereocenters. The number of alkyl halides is 6. The Morgan fingerprint density at radius 2 is 1.53 bits per heavy atom. The van der Waals surface area contributed by atoms with E-state index in [2.05, 4.69) is 5.10 Å². The highest BCUT2D eigenvalue weighted by Crippen LogP contribution is 2.36. The van der Waals surface area contributed by atoms with E-state index in [1.807, 2.05) is 0 Å². The van der Waals surface area contributed by atoms with E-state index in [4.69, 9.17) is 0 Å². The average molecular weight is 461 g/mol. The second-order valence-corrected chi connectivity index (χ2v) is 6.33. The van der Waals surface area contributed by atoms with Crippen LogP contribution in [0.1, 0.15) is 22.5 Å². The van der Waals surface area contributed by atoms with Gasteiger partial charge >= 0.3 is 12.4 Å². The molecule has 3 rings (SSSR count). The number of nitriles is 1. The second-order valence-electron chi connectivity index (χ2n) is 6.33. The van der Waals surface area contributed by atoms with Crippen molar-refractivity contribution in [3.63, 3.8) is 0 Å². The van der Waals surface area contributed by atoms with Crippen LogP contribution in [0.4, 0.5) is 39.5 Å². The molecule has 0 aliphatic rings. The van der Waals surface area contributed by atoms with Crippen LogP contribution in [0.3, 0.4) is 0 Å². The van der Waals surface area contributed by atoms with Crippen molar-refractivity contribution in [2.75, 3.05) is 0 Å². The van der Waals surface area contributed by atoms with Crippen LogP contribution in [0.15, 0.2) is 42.5 Å². The molecule has 2 aromatic carbocycles. The normalized spacial score (nSPS) is 12.7. The van der Waals surface area contributed by atoms with Crippen molar-refractivity contribution in [2.45, 2.75) is 12.4 Å². The minimum absolute atomic E-state index is 0.0587. The summed E-state index contributed by atoms with van der Waals surface area (Å²) in [5, 5.41) is 12.2. The fourth-order valence-corrected chi connectivity index (χ4v) is 2.72. The van der Waals surface area contributed by atoms with Crippen molar-refractivity contribution in [3.8, 4) is 11.8 Å². The predicted molar refractivity (Wildman–Crippen MR) is 93.4 cm³/mol. The molecule has 0 atom stereocenters. The molecule has 166 valence electrons. The zero-order valence-electron chi connectivity index (χ0n) is 15.4. The minimum Gasteiger partial charge on any atom is -0.228 e. The number of aromatic nitrogens is 2. The smallest absolute Gasteiger partial charge is 0.228 e. The Labute approximate surface area is 173 Å². The van der Waals surface area contributed by atoms with Crippen molar-refractivity contribution in [2.24, 2.45) is 0 Å². The Kier molecular flexibility index (Phi) is 5.78. The third kappa shape index (κ3) is 4.61. The highest BCUT2D eigenvalue weighted by Gasteiger charge is 2.42. The van der Waals surface area contributed by atoms with Crippen molar-refractivity contribution in [1.29, 1.82) is 5.26 Å². The molecule has 0 spiro atoms. The molecular formula is C20H8F9N3. The van der Waals surface area contributed by atoms with Crippen molar-refractivity contribution in [3.05, 3.63) is 82.4 Å². The third-order valence-electron chi connectivity index (χ3n) is 4.14. The van der Waals surface area contributed by atoms with Gasteiger partial charge in [-0.05, 0) is 29.8 Å². The molecule has 0 saturated heterocycles. The molecule has 0 N–H and O–H groups in total. The van der Waals surface area contributed by atoms with E-state index in [0.717, 1.165) is 30.3 Å². The van der Waals surface area contributed by atoms with Gasteiger partial charge in [-0.2, -0.15) is 36.7 Å². The van der Waals surface area contributed by atoms with Crippen molar-refractivity contribution < 1.29 is 39.5 Å². The van der Waals surface area contributed by atoms with Gasteiger partial charge in [0.05, 0.1) is 17.3 Å². The maximum absolute atomic E-state index is 13.9. The fourth-order valence-electron chi connectivity index (χ4n) is 2.72. The zero-order chi connectivity index (χ0) is 23.8. The Morgan fingerprint density at radius 3 is 2.06 bits per heavy atom. The molecule has 0 bridgehead atoms. The van der Waals surface area contributed by atoms with Crippen LogP contribution in [0.5, 0.6) is 0 Å². The molecule has 32 heavy (non-hydrogen) atoms. The Hall–Kier alpha value is -3.75. The fraction of sp³-hybridized carbons (Fsp3) is 0.100. The second kappa shape index (κ2) is 8.07. The van der Waals surface area contributed by atoms with Gasteiger partial charge in [0.2, 0.25) is 0 Å². The van der Waals surface area contributed by atoms with E-state index < -0.39 is 52.3 Å². The summed E-state index contributed by atoms with van der Waals surface area (Å²) in [5.74, 6) is -4.16. The number of hydrogen-bond acceptors (Lipinski definition) is 2. The summed E-state index contributed by atoms with van der Waals surface area (Å²) in [6, 6.07) is 6.45. The summed E-state index contributed by atoms with van der Waals surface area (Å²) >= 11 is 0. The van der Waals surface area contributed by atoms with Crippen LogP contribution in [0.25, 0.3) is 17.3 Å². The van der Waals surface area contributed by atoms with Gasteiger partial charge in [-0.25, -0.2) is 17.9 Å². The SMILES string of the molecule is N#CC(=Cc1ccc(-n2nc(C(F)(F)F)cc2C(F)(F)F)cc1)c1cc(F)cc(F)c1F. The summed E-state index contributed by atoms with van der Waals surface area (Å²) < 4.78 is 119. The van der Waals surface area contributed by atoms with Gasteiger partial charge in [0.25, 0.3) is 0 Å². The molecule has 12 heteroatoms. The number of allylic oxidation sites excluding steroid dienone is 1. The van der Waals surface area contributed by atoms with Crippen LogP contribution in [0, 0.1) is 28.8 Å². The van der Waals surface area contributed by atoms with Crippen LogP contribution in [0.2, 0.25) is 0 Å². The van der Waals surface area contributed by atoms with Gasteiger partial charge in [0.15, 0.2) is 17.3 Å². The predicted octanol–water partition coefficient (Wildman–Crippen LogP) is 6.39. The lowest BCUT2D eigenvalue weighted by Crippen LogP contribution is -2.13. The number of hydrogen-bond donors (Lipinski definition) is 0. The standard InChI is InChI=1S/C20H8F9N3/c21-12-6-14(18(23)15(22)7-12)11(9-30)5-10-1-3-13(4-2-10)32-17(20(27,28)29)8-16(31-32)19(24,25)26/h1-8H. The maximum Gasteiger partial charge on any atom is 0.435 e. The van der Waals surface area contributed by atoms with Crippen LogP contribution >= 0.6 is 0 Å². The van der Waals surface area contributed by atoms with Crippen LogP contribution in [-0.2, 0) is 12.4 Å². The van der Waals surface area contributed by atoms with Crippen molar-refractivity contribution in [1.82, 2.24) is 9.78 Å². The molecule has 0 radical (unpaired) electrons. The quantitative estimate of drug-likeness (QED) is 0.196. The van der Waals surface area contributed by atoms with Gasteiger partial charge in [-0.3, -0.25) is 0 Å². The van der Waals surface area contributed by atoms with E-state index in [0.29, 0.717) is 6.07 Å². The van der Waals surface area contributed by atoms with Gasteiger partial charge in [-0.15, -0.1) is 0 Å². The summed E-state index contributed by atoms with van der Waals surface area (Å²) in [5.41, 5.74) is -4.89. The molecule has 0 saturated carbocycles. The number of halogens is 9. The zero-order valence-corrected chi connectivity index (χ0v) is 15.4. The summed E-state index contributed by atoms with van der Waals surface area (Å²) in [6.07, 6.45) is -9.25. The van der Waals surface area contributed by atoms with Crippen molar-refractivity contribution >= 4 is 11.6 Å². The molecule has 3 nitrogen and oxygen atoms in total. The third-order valence-corrected chi connectivity index (χ3v) is 4.14. The molecule has 1 heterocycles. The molecule has 0 aliphatic carbocycles. The monoisotopic (exact) mass is 461 g/mol. The summed E-state index contributed by atoms with van der Waals surface area (Å²) in [7, 11) is 0. The highest BCUT2D eigenvalue weighted by atomic mass is 19.4. The van der Waals surface area contributed by atoms with E-state index in [-0.39, 0.29) is 28.1 Å². The highest BCUT2D eigenvalue weighted by molar-refractivity contribution is 5.89. The number of nitrogens with zero attached hydrogens (tertiary/aromatic N) is 3. The summed E-state index contributed by atoms with van der Waals surface area (Å²) in [6.45, 7) is 0. The molecular weight excluding hydrogens is 453 g/mol. The lowest BCUT2D eigenvalue weighted by molar-refractivity contribution is -0.143. The lowest BCUT2D eigenvalue weighted by atomic mass is 10.0. The van der Waals surface area contributed by atoms with Gasteiger partial charge in [-0.1, -0.05) is 12.1 Å². The Morgan fingerprint density at radius 1 is 0.906 bits per heavy atom. The van der Waals surface area contributed by atoms with Crippen LogP contribution < -0.4 is 0 Å². The first kappa shape index (κ1) is 22.9. The van der Waals surface area contributed by atoms with E-state index in [1.165, 1.54) is 0 Å². The van der Waals surface area contributed by atoms with E-state index in [1.54, 1.807) is 6.07 Å². The number of rotatable bonds is 3. The lowest BCUT2D eigenvalue weighted by Gasteiger charge is -2.10. The summed E-state index contributed by atoms with van der Waals surface area (Å²) in [4.78, 5) is 0. The molecule has 0 amide bonds. The minimum atomic E-state index is -5.14. The molecule has 3 aromatic rings. The Balaban J connectivity index is 2.04. The van der Waals surface area contributed by atoms with Gasteiger partial charge in [0.1, 0.15) is 11.5 Å². The molecule has 0 aliphatic heterocycles. The van der Waals surface area contributed by atoms with Crippen LogP contribution in [-0.4, -0.2) is 9.78 Å².